The Morgan fingerprint density at radius 3 is 2.36 bits per heavy atom. The van der Waals surface area contributed by atoms with Gasteiger partial charge in [0.25, 0.3) is 5.91 Å². The van der Waals surface area contributed by atoms with E-state index in [2.05, 4.69) is 0 Å². The summed E-state index contributed by atoms with van der Waals surface area (Å²) in [6.07, 6.45) is 0. The molecular formula is C22H26N2O4. The van der Waals surface area contributed by atoms with E-state index in [1.54, 1.807) is 36.3 Å². The minimum Gasteiger partial charge on any atom is -0.497 e. The van der Waals surface area contributed by atoms with Crippen molar-refractivity contribution in [3.63, 3.8) is 0 Å². The summed E-state index contributed by atoms with van der Waals surface area (Å²) in [5.74, 6) is -0.276. The molecule has 0 spiro atoms. The number of amides is 1. The molecule has 2 aromatic rings. The monoisotopic (exact) mass is 382 g/mol. The van der Waals surface area contributed by atoms with Crippen LogP contribution in [0.15, 0.2) is 42.5 Å². The van der Waals surface area contributed by atoms with E-state index >= 15 is 0 Å². The molecule has 1 aliphatic heterocycles. The average molecular weight is 382 g/mol. The van der Waals surface area contributed by atoms with Gasteiger partial charge in [-0.15, -0.1) is 0 Å². The lowest BCUT2D eigenvalue weighted by atomic mass is 9.97. The number of piperazine rings is 1. The Morgan fingerprint density at radius 1 is 1.04 bits per heavy atom. The highest BCUT2D eigenvalue weighted by Crippen LogP contribution is 2.27. The number of aliphatic carboxylic acids is 1. The van der Waals surface area contributed by atoms with E-state index in [4.69, 9.17) is 4.74 Å². The molecule has 0 aromatic heterocycles. The summed E-state index contributed by atoms with van der Waals surface area (Å²) in [6.45, 7) is 5.95. The van der Waals surface area contributed by atoms with Crippen LogP contribution < -0.4 is 4.74 Å². The van der Waals surface area contributed by atoms with Gasteiger partial charge in [0.1, 0.15) is 11.8 Å². The lowest BCUT2D eigenvalue weighted by Crippen LogP contribution is -2.51. The van der Waals surface area contributed by atoms with Crippen LogP contribution in [0.2, 0.25) is 0 Å². The molecule has 1 N–H and O–H groups in total. The Kier molecular flexibility index (Phi) is 5.99. The first kappa shape index (κ1) is 19.9. The number of hydrogen-bond donors (Lipinski definition) is 1. The second-order valence-corrected chi connectivity index (χ2v) is 7.16. The van der Waals surface area contributed by atoms with Crippen LogP contribution in [0.25, 0.3) is 0 Å². The van der Waals surface area contributed by atoms with Crippen molar-refractivity contribution in [2.24, 2.45) is 0 Å². The van der Waals surface area contributed by atoms with E-state index in [0.717, 1.165) is 16.7 Å². The molecule has 3 rings (SSSR count). The van der Waals surface area contributed by atoms with Crippen molar-refractivity contribution in [2.75, 3.05) is 33.3 Å². The lowest BCUT2D eigenvalue weighted by Gasteiger charge is -2.38. The molecule has 2 aromatic carbocycles. The summed E-state index contributed by atoms with van der Waals surface area (Å²) >= 11 is 0. The summed E-state index contributed by atoms with van der Waals surface area (Å²) in [5.41, 5.74) is 3.48. The van der Waals surface area contributed by atoms with Crippen molar-refractivity contribution >= 4 is 11.9 Å². The third-order valence-corrected chi connectivity index (χ3v) is 5.24. The Hall–Kier alpha value is -2.86. The van der Waals surface area contributed by atoms with Crippen LogP contribution in [0.1, 0.15) is 33.1 Å². The average Bonchev–Trinajstić information content (AvgIpc) is 2.69. The molecule has 28 heavy (non-hydrogen) atoms. The van der Waals surface area contributed by atoms with Gasteiger partial charge in [-0.1, -0.05) is 29.8 Å². The molecule has 0 radical (unpaired) electrons. The van der Waals surface area contributed by atoms with Crippen LogP contribution in [0.4, 0.5) is 0 Å². The molecule has 6 nitrogen and oxygen atoms in total. The van der Waals surface area contributed by atoms with Crippen LogP contribution in [0, 0.1) is 13.8 Å². The Bertz CT molecular complexity index is 873. The molecule has 148 valence electrons. The minimum absolute atomic E-state index is 0.0584. The van der Waals surface area contributed by atoms with Crippen molar-refractivity contribution in [2.45, 2.75) is 19.9 Å². The number of rotatable bonds is 5. The van der Waals surface area contributed by atoms with Gasteiger partial charge in [0, 0.05) is 31.7 Å². The van der Waals surface area contributed by atoms with E-state index in [1.807, 2.05) is 36.9 Å². The molecule has 0 bridgehead atoms. The van der Waals surface area contributed by atoms with Crippen molar-refractivity contribution in [1.29, 1.82) is 0 Å². The van der Waals surface area contributed by atoms with Gasteiger partial charge in [-0.05, 0) is 43.2 Å². The standard InChI is InChI=1S/C22H26N2O4/c1-15-7-8-19(16(2)13-15)20(22(26)27)23-9-11-24(12-10-23)21(25)17-5-4-6-18(14-17)28-3/h4-8,13-14,20H,9-12H2,1-3H3,(H,26,27). The van der Waals surface area contributed by atoms with E-state index in [1.165, 1.54) is 0 Å². The maximum Gasteiger partial charge on any atom is 0.325 e. The SMILES string of the molecule is COc1cccc(C(=O)N2CCN(C(C(=O)O)c3ccc(C)cc3C)CC2)c1. The summed E-state index contributed by atoms with van der Waals surface area (Å²) in [5, 5.41) is 9.85. The molecule has 0 aliphatic carbocycles. The molecule has 6 heteroatoms. The molecule has 1 fully saturated rings. The predicted octanol–water partition coefficient (Wildman–Crippen LogP) is 2.90. The molecule has 1 unspecified atom stereocenters. The number of carbonyl (C=O) groups excluding carboxylic acids is 1. The Labute approximate surface area is 165 Å². The number of benzene rings is 2. The van der Waals surface area contributed by atoms with Crippen LogP contribution in [-0.2, 0) is 4.79 Å². The fourth-order valence-corrected chi connectivity index (χ4v) is 3.74. The van der Waals surface area contributed by atoms with Gasteiger partial charge in [0.15, 0.2) is 0 Å². The highest BCUT2D eigenvalue weighted by Gasteiger charge is 2.32. The first-order valence-electron chi connectivity index (χ1n) is 9.38. The quantitative estimate of drug-likeness (QED) is 0.861. The number of carboxylic acids is 1. The zero-order chi connectivity index (χ0) is 20.3. The number of hydrogen-bond acceptors (Lipinski definition) is 4. The Morgan fingerprint density at radius 2 is 1.75 bits per heavy atom. The van der Waals surface area contributed by atoms with Crippen LogP contribution in [0.3, 0.4) is 0 Å². The highest BCUT2D eigenvalue weighted by molar-refractivity contribution is 5.94. The Balaban J connectivity index is 1.72. The van der Waals surface area contributed by atoms with Gasteiger partial charge in [-0.25, -0.2) is 0 Å². The predicted molar refractivity (Wildman–Crippen MR) is 107 cm³/mol. The van der Waals surface area contributed by atoms with Crippen molar-refractivity contribution in [3.05, 3.63) is 64.7 Å². The zero-order valence-electron chi connectivity index (χ0n) is 16.5. The molecule has 1 saturated heterocycles. The third-order valence-electron chi connectivity index (χ3n) is 5.24. The molecule has 0 saturated carbocycles. The molecular weight excluding hydrogens is 356 g/mol. The smallest absolute Gasteiger partial charge is 0.325 e. The van der Waals surface area contributed by atoms with E-state index in [9.17, 15) is 14.7 Å². The van der Waals surface area contributed by atoms with Crippen molar-refractivity contribution in [3.8, 4) is 5.75 Å². The summed E-state index contributed by atoms with van der Waals surface area (Å²) in [4.78, 5) is 28.5. The van der Waals surface area contributed by atoms with Crippen molar-refractivity contribution < 1.29 is 19.4 Å². The first-order chi connectivity index (χ1) is 13.4. The summed E-state index contributed by atoms with van der Waals surface area (Å²) < 4.78 is 5.19. The maximum atomic E-state index is 12.8. The van der Waals surface area contributed by atoms with Gasteiger partial charge in [0.2, 0.25) is 0 Å². The fraction of sp³-hybridized carbons (Fsp3) is 0.364. The first-order valence-corrected chi connectivity index (χ1v) is 9.38. The fourth-order valence-electron chi connectivity index (χ4n) is 3.74. The van der Waals surface area contributed by atoms with Crippen LogP contribution in [-0.4, -0.2) is 60.1 Å². The van der Waals surface area contributed by atoms with Gasteiger partial charge < -0.3 is 14.7 Å². The second kappa shape index (κ2) is 8.44. The summed E-state index contributed by atoms with van der Waals surface area (Å²) in [6, 6.07) is 12.2. The number of methoxy groups -OCH3 is 1. The molecule has 1 amide bonds. The van der Waals surface area contributed by atoms with Gasteiger partial charge in [0.05, 0.1) is 7.11 Å². The molecule has 1 atom stereocenters. The van der Waals surface area contributed by atoms with E-state index < -0.39 is 12.0 Å². The van der Waals surface area contributed by atoms with Crippen LogP contribution in [0.5, 0.6) is 5.75 Å². The zero-order valence-corrected chi connectivity index (χ0v) is 16.5. The van der Waals surface area contributed by atoms with E-state index in [-0.39, 0.29) is 5.91 Å². The number of carboxylic acid groups (broad SMARTS) is 1. The number of aryl methyl sites for hydroxylation is 2. The molecule has 1 heterocycles. The third kappa shape index (κ3) is 4.17. The largest absolute Gasteiger partial charge is 0.497 e. The number of ether oxygens (including phenoxy) is 1. The maximum absolute atomic E-state index is 12.8. The minimum atomic E-state index is -0.862. The van der Waals surface area contributed by atoms with Crippen molar-refractivity contribution in [1.82, 2.24) is 9.80 Å². The topological polar surface area (TPSA) is 70.1 Å². The number of nitrogens with zero attached hydrogens (tertiary/aromatic N) is 2. The van der Waals surface area contributed by atoms with Gasteiger partial charge in [-0.2, -0.15) is 0 Å². The van der Waals surface area contributed by atoms with Gasteiger partial charge >= 0.3 is 5.97 Å². The number of carbonyl (C=O) groups is 2. The second-order valence-electron chi connectivity index (χ2n) is 7.16. The summed E-state index contributed by atoms with van der Waals surface area (Å²) in [7, 11) is 1.57. The van der Waals surface area contributed by atoms with Crippen LogP contribution >= 0.6 is 0 Å². The molecule has 1 aliphatic rings. The highest BCUT2D eigenvalue weighted by atomic mass is 16.5. The normalized spacial score (nSPS) is 15.9. The van der Waals surface area contributed by atoms with Gasteiger partial charge in [-0.3, -0.25) is 14.5 Å². The van der Waals surface area contributed by atoms with E-state index in [0.29, 0.717) is 37.5 Å². The lowest BCUT2D eigenvalue weighted by molar-refractivity contribution is -0.144.